The normalized spacial score (nSPS) is 11.0. The van der Waals surface area contributed by atoms with E-state index in [0.717, 1.165) is 34.3 Å². The zero-order valence-electron chi connectivity index (χ0n) is 12.9. The monoisotopic (exact) mass is 314 g/mol. The number of carbonyl (C=O) groups is 1. The van der Waals surface area contributed by atoms with Crippen LogP contribution in [0.1, 0.15) is 21.6 Å². The highest BCUT2D eigenvalue weighted by molar-refractivity contribution is 5.94. The number of rotatable bonds is 3. The standard InChI is InChI=1S/C18H16F2N2O/c1-11-7-14-8-12(3-6-17(14)22(11)2)10-21-18(23)13-4-5-15(19)16(20)9-13/h3-9H,10H2,1-2H3,(H,21,23). The van der Waals surface area contributed by atoms with Crippen molar-refractivity contribution in [1.29, 1.82) is 0 Å². The van der Waals surface area contributed by atoms with Gasteiger partial charge in [0.25, 0.3) is 5.91 Å². The maximum atomic E-state index is 13.2. The zero-order valence-corrected chi connectivity index (χ0v) is 12.9. The van der Waals surface area contributed by atoms with Gasteiger partial charge in [-0.15, -0.1) is 0 Å². The second-order valence-corrected chi connectivity index (χ2v) is 5.55. The van der Waals surface area contributed by atoms with Crippen molar-refractivity contribution < 1.29 is 13.6 Å². The molecule has 0 saturated carbocycles. The molecule has 0 spiro atoms. The molecule has 0 atom stereocenters. The molecule has 1 aromatic heterocycles. The first-order valence-corrected chi connectivity index (χ1v) is 7.24. The fourth-order valence-electron chi connectivity index (χ4n) is 2.57. The van der Waals surface area contributed by atoms with Crippen molar-refractivity contribution in [2.45, 2.75) is 13.5 Å². The number of hydrogen-bond acceptors (Lipinski definition) is 1. The van der Waals surface area contributed by atoms with Crippen LogP contribution in [0.5, 0.6) is 0 Å². The van der Waals surface area contributed by atoms with Crippen LogP contribution < -0.4 is 5.32 Å². The number of aromatic nitrogens is 1. The highest BCUT2D eigenvalue weighted by Crippen LogP contribution is 2.19. The molecule has 3 rings (SSSR count). The lowest BCUT2D eigenvalue weighted by atomic mass is 10.1. The van der Waals surface area contributed by atoms with Crippen molar-refractivity contribution >= 4 is 16.8 Å². The molecule has 1 amide bonds. The third kappa shape index (κ3) is 2.95. The summed E-state index contributed by atoms with van der Waals surface area (Å²) < 4.78 is 28.1. The Hall–Kier alpha value is -2.69. The van der Waals surface area contributed by atoms with Crippen LogP contribution in [-0.2, 0) is 13.6 Å². The summed E-state index contributed by atoms with van der Waals surface area (Å²) in [5.41, 5.74) is 3.32. The average Bonchev–Trinajstić information content (AvgIpc) is 2.82. The molecule has 0 aliphatic heterocycles. The van der Waals surface area contributed by atoms with Crippen molar-refractivity contribution in [1.82, 2.24) is 9.88 Å². The molecule has 3 aromatic rings. The Balaban J connectivity index is 1.74. The van der Waals surface area contributed by atoms with Gasteiger partial charge in [-0.3, -0.25) is 4.79 Å². The van der Waals surface area contributed by atoms with Gasteiger partial charge in [0.2, 0.25) is 0 Å². The van der Waals surface area contributed by atoms with E-state index in [2.05, 4.69) is 16.0 Å². The van der Waals surface area contributed by atoms with Crippen LogP contribution in [0.3, 0.4) is 0 Å². The van der Waals surface area contributed by atoms with Gasteiger partial charge in [0, 0.05) is 35.8 Å². The summed E-state index contributed by atoms with van der Waals surface area (Å²) >= 11 is 0. The maximum absolute atomic E-state index is 13.2. The van der Waals surface area contributed by atoms with Gasteiger partial charge in [0.15, 0.2) is 11.6 Å². The van der Waals surface area contributed by atoms with Gasteiger partial charge in [0.05, 0.1) is 0 Å². The lowest BCUT2D eigenvalue weighted by Gasteiger charge is -2.07. The van der Waals surface area contributed by atoms with Crippen LogP contribution in [0, 0.1) is 18.6 Å². The third-order valence-corrected chi connectivity index (χ3v) is 3.98. The molecule has 0 fully saturated rings. The Kier molecular flexibility index (Phi) is 3.86. The molecular weight excluding hydrogens is 298 g/mol. The number of fused-ring (bicyclic) bond motifs is 1. The molecule has 0 aliphatic rings. The molecule has 1 heterocycles. The number of hydrogen-bond donors (Lipinski definition) is 1. The van der Waals surface area contributed by atoms with Crippen molar-refractivity contribution in [2.24, 2.45) is 7.05 Å². The van der Waals surface area contributed by atoms with Crippen LogP contribution in [-0.4, -0.2) is 10.5 Å². The van der Waals surface area contributed by atoms with Gasteiger partial charge in [0.1, 0.15) is 0 Å². The summed E-state index contributed by atoms with van der Waals surface area (Å²) in [7, 11) is 2.00. The minimum absolute atomic E-state index is 0.0977. The topological polar surface area (TPSA) is 34.0 Å². The molecule has 3 nitrogen and oxygen atoms in total. The van der Waals surface area contributed by atoms with E-state index in [1.165, 1.54) is 6.07 Å². The molecule has 2 aromatic carbocycles. The fraction of sp³-hybridized carbons (Fsp3) is 0.167. The summed E-state index contributed by atoms with van der Waals surface area (Å²) in [6, 6.07) is 11.1. The Bertz CT molecular complexity index is 899. The van der Waals surface area contributed by atoms with Crippen LogP contribution >= 0.6 is 0 Å². The van der Waals surface area contributed by atoms with E-state index in [-0.39, 0.29) is 5.56 Å². The lowest BCUT2D eigenvalue weighted by molar-refractivity contribution is 0.0950. The van der Waals surface area contributed by atoms with Gasteiger partial charge in [-0.1, -0.05) is 6.07 Å². The number of halogens is 2. The largest absolute Gasteiger partial charge is 0.348 e. The average molecular weight is 314 g/mol. The lowest BCUT2D eigenvalue weighted by Crippen LogP contribution is -2.22. The summed E-state index contributed by atoms with van der Waals surface area (Å²) in [5, 5.41) is 3.81. The fourth-order valence-corrected chi connectivity index (χ4v) is 2.57. The van der Waals surface area contributed by atoms with Crippen molar-refractivity contribution in [2.75, 3.05) is 0 Å². The highest BCUT2D eigenvalue weighted by atomic mass is 19.2. The molecular formula is C18H16F2N2O. The van der Waals surface area contributed by atoms with E-state index >= 15 is 0 Å². The minimum Gasteiger partial charge on any atom is -0.348 e. The minimum atomic E-state index is -1.03. The van der Waals surface area contributed by atoms with Crippen LogP contribution in [0.4, 0.5) is 8.78 Å². The maximum Gasteiger partial charge on any atom is 0.251 e. The Morgan fingerprint density at radius 3 is 2.61 bits per heavy atom. The van der Waals surface area contributed by atoms with Crippen LogP contribution in [0.25, 0.3) is 10.9 Å². The van der Waals surface area contributed by atoms with Gasteiger partial charge in [-0.25, -0.2) is 8.78 Å². The predicted molar refractivity (Wildman–Crippen MR) is 85.2 cm³/mol. The number of benzene rings is 2. The van der Waals surface area contributed by atoms with E-state index in [9.17, 15) is 13.6 Å². The summed E-state index contributed by atoms with van der Waals surface area (Å²) in [5.74, 6) is -2.43. The number of aryl methyl sites for hydroxylation is 2. The van der Waals surface area contributed by atoms with E-state index in [1.54, 1.807) is 0 Å². The molecule has 0 bridgehead atoms. The molecule has 118 valence electrons. The predicted octanol–water partition coefficient (Wildman–Crippen LogP) is 3.69. The number of nitrogens with zero attached hydrogens (tertiary/aromatic N) is 1. The highest BCUT2D eigenvalue weighted by Gasteiger charge is 2.10. The van der Waals surface area contributed by atoms with Gasteiger partial charge < -0.3 is 9.88 Å². The second-order valence-electron chi connectivity index (χ2n) is 5.55. The van der Waals surface area contributed by atoms with Crippen LogP contribution in [0.2, 0.25) is 0 Å². The van der Waals surface area contributed by atoms with E-state index in [0.29, 0.717) is 6.54 Å². The molecule has 5 heteroatoms. The molecule has 0 aliphatic carbocycles. The SMILES string of the molecule is Cc1cc2cc(CNC(=O)c3ccc(F)c(F)c3)ccc2n1C. The Morgan fingerprint density at radius 2 is 1.87 bits per heavy atom. The first-order chi connectivity index (χ1) is 11.0. The number of amides is 1. The van der Waals surface area contributed by atoms with E-state index < -0.39 is 17.5 Å². The summed E-state index contributed by atoms with van der Waals surface area (Å²) in [4.78, 5) is 12.0. The zero-order chi connectivity index (χ0) is 16.6. The number of carbonyl (C=O) groups excluding carboxylic acids is 1. The van der Waals surface area contributed by atoms with Gasteiger partial charge in [-0.2, -0.15) is 0 Å². The summed E-state index contributed by atoms with van der Waals surface area (Å²) in [6.07, 6.45) is 0. The first kappa shape index (κ1) is 15.2. The summed E-state index contributed by atoms with van der Waals surface area (Å²) in [6.45, 7) is 2.35. The van der Waals surface area contributed by atoms with Gasteiger partial charge in [-0.05, 0) is 48.9 Å². The van der Waals surface area contributed by atoms with Crippen LogP contribution in [0.15, 0.2) is 42.5 Å². The molecule has 23 heavy (non-hydrogen) atoms. The smallest absolute Gasteiger partial charge is 0.251 e. The Labute approximate surface area is 132 Å². The Morgan fingerprint density at radius 1 is 1.09 bits per heavy atom. The first-order valence-electron chi connectivity index (χ1n) is 7.24. The molecule has 1 N–H and O–H groups in total. The molecule has 0 saturated heterocycles. The third-order valence-electron chi connectivity index (χ3n) is 3.98. The number of nitrogens with one attached hydrogen (secondary N) is 1. The van der Waals surface area contributed by atoms with Crippen molar-refractivity contribution in [3.05, 3.63) is 70.9 Å². The molecule has 0 unspecified atom stereocenters. The van der Waals surface area contributed by atoms with Crippen molar-refractivity contribution in [3.63, 3.8) is 0 Å². The van der Waals surface area contributed by atoms with Crippen molar-refractivity contribution in [3.8, 4) is 0 Å². The van der Waals surface area contributed by atoms with E-state index in [4.69, 9.17) is 0 Å². The van der Waals surface area contributed by atoms with E-state index in [1.807, 2.05) is 32.2 Å². The molecule has 0 radical (unpaired) electrons. The van der Waals surface area contributed by atoms with Gasteiger partial charge >= 0.3 is 0 Å². The quantitative estimate of drug-likeness (QED) is 0.786. The second kappa shape index (κ2) is 5.83.